The first kappa shape index (κ1) is 18.5. The minimum Gasteiger partial charge on any atom is -0.330 e. The lowest BCUT2D eigenvalue weighted by atomic mass is 10.3. The van der Waals surface area contributed by atoms with E-state index in [-0.39, 0.29) is 24.4 Å². The van der Waals surface area contributed by atoms with Gasteiger partial charge in [0.2, 0.25) is 11.8 Å². The van der Waals surface area contributed by atoms with Gasteiger partial charge in [-0.05, 0) is 32.9 Å². The number of hydrogen-bond acceptors (Lipinski definition) is 5. The summed E-state index contributed by atoms with van der Waals surface area (Å²) >= 11 is 2.89. The highest BCUT2D eigenvalue weighted by Crippen LogP contribution is 2.19. The highest BCUT2D eigenvalue weighted by atomic mass is 32.2. The predicted octanol–water partition coefficient (Wildman–Crippen LogP) is 3.42. The predicted molar refractivity (Wildman–Crippen MR) is 99.5 cm³/mol. The Bertz CT molecular complexity index is 686. The Morgan fingerprint density at radius 3 is 2.58 bits per heavy atom. The number of thioether (sulfide) groups is 1. The molecule has 0 aliphatic rings. The average molecular weight is 364 g/mol. The molecule has 0 atom stereocenters. The molecule has 1 heterocycles. The number of benzene rings is 1. The van der Waals surface area contributed by atoms with E-state index in [0.29, 0.717) is 10.9 Å². The smallest absolute Gasteiger partial charge is 0.245 e. The van der Waals surface area contributed by atoms with Gasteiger partial charge in [0.15, 0.2) is 5.13 Å². The zero-order valence-electron chi connectivity index (χ0n) is 14.0. The van der Waals surface area contributed by atoms with Crippen LogP contribution in [0.5, 0.6) is 0 Å². The molecule has 2 amide bonds. The molecule has 1 aromatic carbocycles. The summed E-state index contributed by atoms with van der Waals surface area (Å²) in [6.45, 7) is 5.78. The highest BCUT2D eigenvalue weighted by Gasteiger charge is 2.20. The first-order valence-corrected chi connectivity index (χ1v) is 9.45. The summed E-state index contributed by atoms with van der Waals surface area (Å²) in [5.41, 5.74) is 0. The molecule has 1 N–H and O–H groups in total. The third-order valence-corrected chi connectivity index (χ3v) is 5.06. The van der Waals surface area contributed by atoms with Crippen molar-refractivity contribution in [2.45, 2.75) is 31.7 Å². The van der Waals surface area contributed by atoms with E-state index in [9.17, 15) is 9.59 Å². The van der Waals surface area contributed by atoms with Crippen LogP contribution in [-0.2, 0) is 9.59 Å². The van der Waals surface area contributed by atoms with Crippen LogP contribution >= 0.6 is 23.1 Å². The molecular weight excluding hydrogens is 342 g/mol. The zero-order chi connectivity index (χ0) is 17.5. The molecule has 0 saturated carbocycles. The summed E-state index contributed by atoms with van der Waals surface area (Å²) in [4.78, 5) is 32.4. The van der Waals surface area contributed by atoms with E-state index < -0.39 is 0 Å². The van der Waals surface area contributed by atoms with Crippen molar-refractivity contribution >= 4 is 40.0 Å². The summed E-state index contributed by atoms with van der Waals surface area (Å²) in [7, 11) is 0. The Balaban J connectivity index is 1.90. The maximum atomic E-state index is 12.5. The van der Waals surface area contributed by atoms with Gasteiger partial charge >= 0.3 is 0 Å². The molecular formula is C17H21N3O2S2. The van der Waals surface area contributed by atoms with Crippen molar-refractivity contribution in [3.05, 3.63) is 41.4 Å². The molecule has 0 aliphatic carbocycles. The van der Waals surface area contributed by atoms with Gasteiger partial charge in [0.05, 0.1) is 5.75 Å². The normalized spacial score (nSPS) is 10.7. The molecule has 7 heteroatoms. The first-order chi connectivity index (χ1) is 11.5. The van der Waals surface area contributed by atoms with Gasteiger partial charge in [-0.25, -0.2) is 4.98 Å². The first-order valence-electron chi connectivity index (χ1n) is 7.65. The van der Waals surface area contributed by atoms with Crippen molar-refractivity contribution in [2.24, 2.45) is 0 Å². The molecule has 0 fully saturated rings. The Morgan fingerprint density at radius 2 is 2.00 bits per heavy atom. The largest absolute Gasteiger partial charge is 0.330 e. The Hall–Kier alpha value is -1.86. The minimum atomic E-state index is -0.226. The number of amides is 2. The van der Waals surface area contributed by atoms with Crippen LogP contribution in [0.3, 0.4) is 0 Å². The van der Waals surface area contributed by atoms with E-state index in [1.807, 2.05) is 51.1 Å². The van der Waals surface area contributed by atoms with Crippen LogP contribution in [0, 0.1) is 6.92 Å². The van der Waals surface area contributed by atoms with E-state index in [2.05, 4.69) is 10.3 Å². The maximum absolute atomic E-state index is 12.5. The molecule has 0 radical (unpaired) electrons. The Kier molecular flexibility index (Phi) is 6.81. The lowest BCUT2D eigenvalue weighted by molar-refractivity contribution is -0.134. The molecule has 0 aliphatic heterocycles. The van der Waals surface area contributed by atoms with Crippen molar-refractivity contribution in [2.75, 3.05) is 17.6 Å². The van der Waals surface area contributed by atoms with Crippen LogP contribution in [-0.4, -0.2) is 40.0 Å². The van der Waals surface area contributed by atoms with Gasteiger partial charge in [-0.2, -0.15) is 0 Å². The zero-order valence-corrected chi connectivity index (χ0v) is 15.6. The van der Waals surface area contributed by atoms with Crippen molar-refractivity contribution < 1.29 is 9.59 Å². The number of anilines is 1. The molecule has 128 valence electrons. The number of rotatable bonds is 7. The monoisotopic (exact) mass is 363 g/mol. The summed E-state index contributed by atoms with van der Waals surface area (Å²) in [5, 5.41) is 3.31. The van der Waals surface area contributed by atoms with Crippen molar-refractivity contribution in [1.29, 1.82) is 0 Å². The maximum Gasteiger partial charge on any atom is 0.245 e. The average Bonchev–Trinajstić information content (AvgIpc) is 2.96. The van der Waals surface area contributed by atoms with Gasteiger partial charge in [0, 0.05) is 22.0 Å². The third kappa shape index (κ3) is 5.65. The summed E-state index contributed by atoms with van der Waals surface area (Å²) in [5.74, 6) is 0.0340. The quantitative estimate of drug-likeness (QED) is 0.766. The number of carbonyl (C=O) groups excluding carboxylic acids is 2. The minimum absolute atomic E-state index is 0.0322. The van der Waals surface area contributed by atoms with Gasteiger partial charge in [0.25, 0.3) is 0 Å². The van der Waals surface area contributed by atoms with Crippen LogP contribution in [0.2, 0.25) is 0 Å². The standard InChI is InChI=1S/C17H21N3O2S2/c1-12(2)20(10-15(21)19-17-18-9-13(3)24-17)16(22)11-23-14-7-5-4-6-8-14/h4-9,12H,10-11H2,1-3H3,(H,18,19,21). The van der Waals surface area contributed by atoms with E-state index in [0.717, 1.165) is 9.77 Å². The summed E-state index contributed by atoms with van der Waals surface area (Å²) in [6.07, 6.45) is 1.71. The molecule has 0 bridgehead atoms. The lowest BCUT2D eigenvalue weighted by Crippen LogP contribution is -2.43. The van der Waals surface area contributed by atoms with E-state index in [1.165, 1.54) is 23.1 Å². The fraction of sp³-hybridized carbons (Fsp3) is 0.353. The number of carbonyl (C=O) groups is 2. The topological polar surface area (TPSA) is 62.3 Å². The fourth-order valence-electron chi connectivity index (χ4n) is 2.03. The number of nitrogens with one attached hydrogen (secondary N) is 1. The van der Waals surface area contributed by atoms with Gasteiger partial charge in [-0.1, -0.05) is 18.2 Å². The molecule has 2 rings (SSSR count). The van der Waals surface area contributed by atoms with E-state index in [1.54, 1.807) is 11.1 Å². The number of aromatic nitrogens is 1. The van der Waals surface area contributed by atoms with E-state index >= 15 is 0 Å². The third-order valence-electron chi connectivity index (χ3n) is 3.23. The van der Waals surface area contributed by atoms with Gasteiger partial charge in [-0.3, -0.25) is 9.59 Å². The number of aryl methyl sites for hydroxylation is 1. The van der Waals surface area contributed by atoms with Gasteiger partial charge in [0.1, 0.15) is 6.54 Å². The van der Waals surface area contributed by atoms with Crippen LogP contribution in [0.25, 0.3) is 0 Å². The molecule has 5 nitrogen and oxygen atoms in total. The summed E-state index contributed by atoms with van der Waals surface area (Å²) in [6, 6.07) is 9.71. The Morgan fingerprint density at radius 1 is 1.29 bits per heavy atom. The number of hydrogen-bond donors (Lipinski definition) is 1. The fourth-order valence-corrected chi connectivity index (χ4v) is 3.52. The molecule has 1 aromatic heterocycles. The van der Waals surface area contributed by atoms with Gasteiger partial charge in [-0.15, -0.1) is 23.1 Å². The molecule has 2 aromatic rings. The molecule has 24 heavy (non-hydrogen) atoms. The van der Waals surface area contributed by atoms with Crippen molar-refractivity contribution in [1.82, 2.24) is 9.88 Å². The second-order valence-electron chi connectivity index (χ2n) is 5.54. The second-order valence-corrected chi connectivity index (χ2v) is 7.82. The Labute approximate surface area is 150 Å². The van der Waals surface area contributed by atoms with Crippen LogP contribution in [0.1, 0.15) is 18.7 Å². The van der Waals surface area contributed by atoms with Crippen molar-refractivity contribution in [3.8, 4) is 0 Å². The lowest BCUT2D eigenvalue weighted by Gasteiger charge is -2.25. The van der Waals surface area contributed by atoms with Crippen LogP contribution in [0.15, 0.2) is 41.4 Å². The van der Waals surface area contributed by atoms with Gasteiger partial charge < -0.3 is 10.2 Å². The second kappa shape index (κ2) is 8.84. The summed E-state index contributed by atoms with van der Waals surface area (Å²) < 4.78 is 0. The van der Waals surface area contributed by atoms with E-state index in [4.69, 9.17) is 0 Å². The molecule has 0 spiro atoms. The number of nitrogens with zero attached hydrogens (tertiary/aromatic N) is 2. The molecule has 0 saturated heterocycles. The SMILES string of the molecule is Cc1cnc(NC(=O)CN(C(=O)CSc2ccccc2)C(C)C)s1. The van der Waals surface area contributed by atoms with Crippen LogP contribution in [0.4, 0.5) is 5.13 Å². The number of thiazole rings is 1. The van der Waals surface area contributed by atoms with Crippen LogP contribution < -0.4 is 5.32 Å². The van der Waals surface area contributed by atoms with Crippen molar-refractivity contribution in [3.63, 3.8) is 0 Å². The molecule has 0 unspecified atom stereocenters. The highest BCUT2D eigenvalue weighted by molar-refractivity contribution is 8.00.